The van der Waals surface area contributed by atoms with Crippen molar-refractivity contribution in [1.82, 2.24) is 4.98 Å². The molecule has 0 aliphatic rings. The normalized spacial score (nSPS) is 10.9. The Morgan fingerprint density at radius 1 is 1.20 bits per heavy atom. The molecule has 2 nitrogen and oxygen atoms in total. The summed E-state index contributed by atoms with van der Waals surface area (Å²) in [5.41, 5.74) is 3.19. The van der Waals surface area contributed by atoms with E-state index in [0.29, 0.717) is 22.7 Å². The molecule has 0 fully saturated rings. The van der Waals surface area contributed by atoms with Gasteiger partial charge in [-0.15, -0.1) is 0 Å². The highest BCUT2D eigenvalue weighted by Crippen LogP contribution is 2.29. The second kappa shape index (κ2) is 6.47. The van der Waals surface area contributed by atoms with Gasteiger partial charge in [-0.1, -0.05) is 49.2 Å². The molecule has 1 aromatic heterocycles. The van der Waals surface area contributed by atoms with Gasteiger partial charge in [0.15, 0.2) is 0 Å². The maximum atomic E-state index is 6.12. The van der Waals surface area contributed by atoms with E-state index in [1.165, 1.54) is 11.1 Å². The molecule has 0 saturated heterocycles. The standard InChI is InChI=1S/C16H17Cl2NO/c1-10(2)13-5-4-11(3)6-15(13)20-9-12-8-19-16(18)7-14(12)17/h4-8,10H,9H2,1-3H3. The number of ether oxygens (including phenoxy) is 1. The van der Waals surface area contributed by atoms with Gasteiger partial charge in [-0.25, -0.2) is 4.98 Å². The fourth-order valence-corrected chi connectivity index (χ4v) is 2.36. The van der Waals surface area contributed by atoms with Gasteiger partial charge in [0, 0.05) is 11.8 Å². The summed E-state index contributed by atoms with van der Waals surface area (Å²) in [6, 6.07) is 7.88. The molecule has 2 rings (SSSR count). The zero-order valence-corrected chi connectivity index (χ0v) is 13.3. The molecule has 1 aromatic carbocycles. The van der Waals surface area contributed by atoms with Crippen LogP contribution in [0.25, 0.3) is 0 Å². The SMILES string of the molecule is Cc1ccc(C(C)C)c(OCc2cnc(Cl)cc2Cl)c1. The van der Waals surface area contributed by atoms with Crippen LogP contribution in [-0.2, 0) is 6.61 Å². The van der Waals surface area contributed by atoms with Crippen LogP contribution in [0.4, 0.5) is 0 Å². The molecule has 0 atom stereocenters. The van der Waals surface area contributed by atoms with Crippen LogP contribution in [0.2, 0.25) is 10.2 Å². The van der Waals surface area contributed by atoms with Crippen molar-refractivity contribution >= 4 is 23.2 Å². The number of rotatable bonds is 4. The van der Waals surface area contributed by atoms with Crippen LogP contribution >= 0.6 is 23.2 Å². The van der Waals surface area contributed by atoms with Crippen LogP contribution in [0.3, 0.4) is 0 Å². The average Bonchev–Trinajstić information content (AvgIpc) is 2.37. The van der Waals surface area contributed by atoms with Crippen LogP contribution in [-0.4, -0.2) is 4.98 Å². The zero-order valence-electron chi connectivity index (χ0n) is 11.8. The van der Waals surface area contributed by atoms with E-state index in [1.807, 2.05) is 13.0 Å². The number of halogens is 2. The van der Waals surface area contributed by atoms with E-state index in [1.54, 1.807) is 12.3 Å². The first-order chi connectivity index (χ1) is 9.47. The van der Waals surface area contributed by atoms with Gasteiger partial charge in [0.05, 0.1) is 5.02 Å². The Morgan fingerprint density at radius 2 is 1.95 bits per heavy atom. The van der Waals surface area contributed by atoms with Gasteiger partial charge in [-0.3, -0.25) is 0 Å². The minimum Gasteiger partial charge on any atom is -0.488 e. The molecule has 0 unspecified atom stereocenters. The monoisotopic (exact) mass is 309 g/mol. The number of hydrogen-bond donors (Lipinski definition) is 0. The third kappa shape index (κ3) is 3.65. The van der Waals surface area contributed by atoms with E-state index in [2.05, 4.69) is 31.0 Å². The Hall–Kier alpha value is -1.25. The highest BCUT2D eigenvalue weighted by Gasteiger charge is 2.10. The Kier molecular flexibility index (Phi) is 4.90. The first-order valence-electron chi connectivity index (χ1n) is 6.50. The third-order valence-corrected chi connectivity index (χ3v) is 3.63. The molecule has 0 N–H and O–H groups in total. The number of hydrogen-bond acceptors (Lipinski definition) is 2. The first-order valence-corrected chi connectivity index (χ1v) is 7.26. The number of nitrogens with zero attached hydrogens (tertiary/aromatic N) is 1. The van der Waals surface area contributed by atoms with Crippen molar-refractivity contribution in [1.29, 1.82) is 0 Å². The van der Waals surface area contributed by atoms with Crippen LogP contribution in [0, 0.1) is 6.92 Å². The van der Waals surface area contributed by atoms with Crippen molar-refractivity contribution in [2.45, 2.75) is 33.3 Å². The van der Waals surface area contributed by atoms with E-state index in [4.69, 9.17) is 27.9 Å². The number of pyridine rings is 1. The summed E-state index contributed by atoms with van der Waals surface area (Å²) < 4.78 is 5.92. The molecule has 0 spiro atoms. The average molecular weight is 310 g/mol. The Balaban J connectivity index is 2.20. The highest BCUT2D eigenvalue weighted by atomic mass is 35.5. The van der Waals surface area contributed by atoms with Crippen molar-refractivity contribution in [3.8, 4) is 5.75 Å². The number of benzene rings is 1. The molecule has 4 heteroatoms. The summed E-state index contributed by atoms with van der Waals surface area (Å²) in [5, 5.41) is 0.959. The second-order valence-electron chi connectivity index (χ2n) is 5.08. The van der Waals surface area contributed by atoms with E-state index >= 15 is 0 Å². The van der Waals surface area contributed by atoms with Gasteiger partial charge in [0.25, 0.3) is 0 Å². The lowest BCUT2D eigenvalue weighted by atomic mass is 10.0. The molecule has 0 aliphatic heterocycles. The van der Waals surface area contributed by atoms with Crippen molar-refractivity contribution in [3.05, 3.63) is 57.3 Å². The van der Waals surface area contributed by atoms with Gasteiger partial charge < -0.3 is 4.74 Å². The predicted octanol–water partition coefficient (Wildman–Crippen LogP) is 5.40. The summed E-state index contributed by atoms with van der Waals surface area (Å²) in [5.74, 6) is 1.30. The molecule has 0 amide bonds. The summed E-state index contributed by atoms with van der Waals surface area (Å²) in [6.45, 7) is 6.72. The van der Waals surface area contributed by atoms with Crippen molar-refractivity contribution in [2.75, 3.05) is 0 Å². The van der Waals surface area contributed by atoms with Crippen LogP contribution in [0.15, 0.2) is 30.5 Å². The summed E-state index contributed by atoms with van der Waals surface area (Å²) in [4.78, 5) is 4.03. The fraction of sp³-hybridized carbons (Fsp3) is 0.312. The van der Waals surface area contributed by atoms with Crippen LogP contribution < -0.4 is 4.74 Å². The molecule has 0 radical (unpaired) electrons. The largest absolute Gasteiger partial charge is 0.488 e. The maximum Gasteiger partial charge on any atom is 0.130 e. The highest BCUT2D eigenvalue weighted by molar-refractivity contribution is 6.34. The van der Waals surface area contributed by atoms with E-state index in [-0.39, 0.29) is 0 Å². The summed E-state index contributed by atoms with van der Waals surface area (Å²) in [7, 11) is 0. The molecule has 0 aliphatic carbocycles. The first kappa shape index (κ1) is 15.1. The number of aromatic nitrogens is 1. The Bertz CT molecular complexity index is 611. The minimum atomic E-state index is 0.381. The van der Waals surface area contributed by atoms with Gasteiger partial charge in [-0.05, 0) is 36.1 Å². The minimum absolute atomic E-state index is 0.381. The molecule has 2 aromatic rings. The lowest BCUT2D eigenvalue weighted by molar-refractivity contribution is 0.301. The maximum absolute atomic E-state index is 6.12. The van der Waals surface area contributed by atoms with E-state index in [9.17, 15) is 0 Å². The predicted molar refractivity (Wildman–Crippen MR) is 83.9 cm³/mol. The third-order valence-electron chi connectivity index (χ3n) is 3.07. The van der Waals surface area contributed by atoms with Gasteiger partial charge in [0.1, 0.15) is 17.5 Å². The van der Waals surface area contributed by atoms with Gasteiger partial charge in [-0.2, -0.15) is 0 Å². The molecule has 20 heavy (non-hydrogen) atoms. The van der Waals surface area contributed by atoms with Crippen LogP contribution in [0.1, 0.15) is 36.5 Å². The van der Waals surface area contributed by atoms with Gasteiger partial charge >= 0.3 is 0 Å². The second-order valence-corrected chi connectivity index (χ2v) is 5.88. The number of aryl methyl sites for hydroxylation is 1. The lowest BCUT2D eigenvalue weighted by Gasteiger charge is -2.15. The molecule has 106 valence electrons. The van der Waals surface area contributed by atoms with Crippen molar-refractivity contribution in [2.24, 2.45) is 0 Å². The summed E-state index contributed by atoms with van der Waals surface area (Å²) in [6.07, 6.45) is 1.65. The van der Waals surface area contributed by atoms with Crippen molar-refractivity contribution < 1.29 is 4.74 Å². The molecule has 0 saturated carbocycles. The quantitative estimate of drug-likeness (QED) is 0.705. The fourth-order valence-electron chi connectivity index (χ4n) is 1.94. The summed E-state index contributed by atoms with van der Waals surface area (Å²) >= 11 is 11.9. The molecule has 1 heterocycles. The zero-order chi connectivity index (χ0) is 14.7. The van der Waals surface area contributed by atoms with E-state index in [0.717, 1.165) is 11.3 Å². The Morgan fingerprint density at radius 3 is 2.60 bits per heavy atom. The molecular weight excluding hydrogens is 293 g/mol. The smallest absolute Gasteiger partial charge is 0.130 e. The lowest BCUT2D eigenvalue weighted by Crippen LogP contribution is -2.01. The Labute approximate surface area is 129 Å². The molecular formula is C16H17Cl2NO. The van der Waals surface area contributed by atoms with Crippen LogP contribution in [0.5, 0.6) is 5.75 Å². The van der Waals surface area contributed by atoms with Crippen molar-refractivity contribution in [3.63, 3.8) is 0 Å². The molecule has 0 bridgehead atoms. The van der Waals surface area contributed by atoms with Gasteiger partial charge in [0.2, 0.25) is 0 Å². The van der Waals surface area contributed by atoms with E-state index < -0.39 is 0 Å². The topological polar surface area (TPSA) is 22.1 Å².